The third-order valence-electron chi connectivity index (χ3n) is 4.75. The number of hydrogen-bond acceptors (Lipinski definition) is 3. The van der Waals surface area contributed by atoms with E-state index in [1.807, 2.05) is 32.9 Å². The minimum absolute atomic E-state index is 0.124. The zero-order valence-corrected chi connectivity index (χ0v) is 15.7. The van der Waals surface area contributed by atoms with Gasteiger partial charge < -0.3 is 5.32 Å². The Balaban J connectivity index is 1.75. The monoisotopic (exact) mass is 365 g/mol. The number of hydrogen-bond donors (Lipinski definition) is 2. The number of nitrogens with one attached hydrogen (secondary N) is 2. The number of aromatic nitrogens is 2. The van der Waals surface area contributed by atoms with Gasteiger partial charge in [0.25, 0.3) is 5.56 Å². The lowest BCUT2D eigenvalue weighted by atomic mass is 10.00. The highest BCUT2D eigenvalue weighted by Crippen LogP contribution is 2.19. The molecule has 0 saturated carbocycles. The maximum atomic E-state index is 12.4. The Morgan fingerprint density at radius 1 is 1.15 bits per heavy atom. The number of carbonyl (C=O) groups excluding carboxylic acids is 1. The molecule has 6 heteroatoms. The molecule has 0 aliphatic carbocycles. The van der Waals surface area contributed by atoms with E-state index in [1.165, 1.54) is 4.57 Å². The molecular formula is C21H23N3O3. The molecule has 3 aromatic rings. The SMILES string of the molecule is Cc1ccc(C)c([C@@H](C)NC(=O)CCn2c(=O)[nH]c(=O)c3ccccc32)c1. The molecule has 1 atom stereocenters. The number of aryl methyl sites for hydroxylation is 3. The average molecular weight is 365 g/mol. The van der Waals surface area contributed by atoms with E-state index < -0.39 is 11.2 Å². The Labute approximate surface area is 156 Å². The summed E-state index contributed by atoms with van der Waals surface area (Å²) in [7, 11) is 0. The normalized spacial score (nSPS) is 12.1. The quantitative estimate of drug-likeness (QED) is 0.729. The second kappa shape index (κ2) is 7.61. The number of carbonyl (C=O) groups is 1. The maximum absolute atomic E-state index is 12.4. The molecule has 0 radical (unpaired) electrons. The second-order valence-electron chi connectivity index (χ2n) is 6.83. The Bertz CT molecular complexity index is 1110. The first-order chi connectivity index (χ1) is 12.9. The molecule has 0 aliphatic heterocycles. The van der Waals surface area contributed by atoms with E-state index in [1.54, 1.807) is 24.3 Å². The number of para-hydroxylation sites is 1. The summed E-state index contributed by atoms with van der Waals surface area (Å²) < 4.78 is 1.43. The molecule has 1 aromatic heterocycles. The Morgan fingerprint density at radius 3 is 2.67 bits per heavy atom. The maximum Gasteiger partial charge on any atom is 0.328 e. The van der Waals surface area contributed by atoms with Crippen molar-refractivity contribution in [3.05, 3.63) is 80.0 Å². The second-order valence-corrected chi connectivity index (χ2v) is 6.83. The molecule has 0 aliphatic rings. The van der Waals surface area contributed by atoms with Gasteiger partial charge in [-0.2, -0.15) is 0 Å². The van der Waals surface area contributed by atoms with Gasteiger partial charge in [-0.25, -0.2) is 4.79 Å². The van der Waals surface area contributed by atoms with E-state index in [9.17, 15) is 14.4 Å². The van der Waals surface area contributed by atoms with Crippen LogP contribution in [0, 0.1) is 13.8 Å². The van der Waals surface area contributed by atoms with E-state index in [0.29, 0.717) is 10.9 Å². The Hall–Kier alpha value is -3.15. The fraction of sp³-hybridized carbons (Fsp3) is 0.286. The molecule has 0 bridgehead atoms. The van der Waals surface area contributed by atoms with E-state index in [4.69, 9.17) is 0 Å². The van der Waals surface area contributed by atoms with Crippen molar-refractivity contribution < 1.29 is 4.79 Å². The van der Waals surface area contributed by atoms with Crippen LogP contribution in [0.25, 0.3) is 10.9 Å². The van der Waals surface area contributed by atoms with Gasteiger partial charge in [0.15, 0.2) is 0 Å². The van der Waals surface area contributed by atoms with Crippen LogP contribution >= 0.6 is 0 Å². The van der Waals surface area contributed by atoms with Crippen LogP contribution in [-0.2, 0) is 11.3 Å². The number of benzene rings is 2. The van der Waals surface area contributed by atoms with Gasteiger partial charge in [0.1, 0.15) is 0 Å². The van der Waals surface area contributed by atoms with Crippen molar-refractivity contribution in [3.8, 4) is 0 Å². The molecule has 1 heterocycles. The third-order valence-corrected chi connectivity index (χ3v) is 4.75. The highest BCUT2D eigenvalue weighted by molar-refractivity contribution is 5.79. The Kier molecular flexibility index (Phi) is 5.26. The molecule has 0 spiro atoms. The number of rotatable bonds is 5. The van der Waals surface area contributed by atoms with Crippen molar-refractivity contribution in [1.82, 2.24) is 14.9 Å². The smallest absolute Gasteiger partial charge is 0.328 e. The average Bonchev–Trinajstić information content (AvgIpc) is 2.63. The fourth-order valence-corrected chi connectivity index (χ4v) is 3.30. The zero-order valence-electron chi connectivity index (χ0n) is 15.7. The van der Waals surface area contributed by atoms with E-state index in [-0.39, 0.29) is 24.9 Å². The molecule has 2 N–H and O–H groups in total. The van der Waals surface area contributed by atoms with Gasteiger partial charge in [-0.1, -0.05) is 35.9 Å². The van der Waals surface area contributed by atoms with Crippen LogP contribution < -0.4 is 16.6 Å². The number of H-pyrrole nitrogens is 1. The summed E-state index contributed by atoms with van der Waals surface area (Å²) in [6.45, 7) is 6.18. The van der Waals surface area contributed by atoms with Crippen molar-refractivity contribution >= 4 is 16.8 Å². The standard InChI is InChI=1S/C21H23N3O3/c1-13-8-9-14(2)17(12-13)15(3)22-19(25)10-11-24-18-7-5-4-6-16(18)20(26)23-21(24)27/h4-9,12,15H,10-11H2,1-3H3,(H,22,25)(H,23,26,27)/t15-/m1/s1. The van der Waals surface area contributed by atoms with Gasteiger partial charge >= 0.3 is 5.69 Å². The molecular weight excluding hydrogens is 342 g/mol. The summed E-state index contributed by atoms with van der Waals surface area (Å²) in [6.07, 6.45) is 0.144. The first kappa shape index (κ1) is 18.6. The molecule has 1 amide bonds. The highest BCUT2D eigenvalue weighted by atomic mass is 16.2. The Morgan fingerprint density at radius 2 is 1.89 bits per heavy atom. The number of aromatic amines is 1. The van der Waals surface area contributed by atoms with Crippen molar-refractivity contribution in [1.29, 1.82) is 0 Å². The predicted molar refractivity (Wildman–Crippen MR) is 106 cm³/mol. The van der Waals surface area contributed by atoms with E-state index in [0.717, 1.165) is 16.7 Å². The minimum atomic E-state index is -0.505. The van der Waals surface area contributed by atoms with Crippen molar-refractivity contribution in [2.75, 3.05) is 0 Å². The van der Waals surface area contributed by atoms with Crippen LogP contribution in [0.2, 0.25) is 0 Å². The summed E-state index contributed by atoms with van der Waals surface area (Å²) >= 11 is 0. The third kappa shape index (κ3) is 4.00. The fourth-order valence-electron chi connectivity index (χ4n) is 3.30. The minimum Gasteiger partial charge on any atom is -0.350 e. The lowest BCUT2D eigenvalue weighted by Gasteiger charge is -2.18. The number of nitrogens with zero attached hydrogens (tertiary/aromatic N) is 1. The molecule has 27 heavy (non-hydrogen) atoms. The summed E-state index contributed by atoms with van der Waals surface area (Å²) in [4.78, 5) is 38.8. The topological polar surface area (TPSA) is 84.0 Å². The van der Waals surface area contributed by atoms with E-state index in [2.05, 4.69) is 16.4 Å². The predicted octanol–water partition coefficient (Wildman–Crippen LogP) is 2.57. The van der Waals surface area contributed by atoms with Crippen LogP contribution in [0.5, 0.6) is 0 Å². The molecule has 6 nitrogen and oxygen atoms in total. The summed E-state index contributed by atoms with van der Waals surface area (Å²) in [6, 6.07) is 12.9. The number of amides is 1. The van der Waals surface area contributed by atoms with Gasteiger partial charge in [-0.05, 0) is 44.0 Å². The van der Waals surface area contributed by atoms with Crippen LogP contribution in [0.3, 0.4) is 0 Å². The first-order valence-corrected chi connectivity index (χ1v) is 8.95. The van der Waals surface area contributed by atoms with Gasteiger partial charge in [0.05, 0.1) is 16.9 Å². The van der Waals surface area contributed by atoms with Crippen LogP contribution in [0.1, 0.15) is 36.1 Å². The molecule has 0 saturated heterocycles. The summed E-state index contributed by atoms with van der Waals surface area (Å²) in [5.74, 6) is -0.148. The van der Waals surface area contributed by atoms with Gasteiger partial charge in [-0.3, -0.25) is 19.1 Å². The molecule has 140 valence electrons. The van der Waals surface area contributed by atoms with Crippen LogP contribution in [0.4, 0.5) is 0 Å². The van der Waals surface area contributed by atoms with E-state index >= 15 is 0 Å². The van der Waals surface area contributed by atoms with Crippen molar-refractivity contribution in [2.24, 2.45) is 0 Å². The van der Waals surface area contributed by atoms with Gasteiger partial charge in [0.2, 0.25) is 5.91 Å². The summed E-state index contributed by atoms with van der Waals surface area (Å²) in [5, 5.41) is 3.42. The van der Waals surface area contributed by atoms with Crippen LogP contribution in [-0.4, -0.2) is 15.5 Å². The first-order valence-electron chi connectivity index (χ1n) is 8.95. The van der Waals surface area contributed by atoms with Crippen molar-refractivity contribution in [3.63, 3.8) is 0 Å². The molecule has 0 fully saturated rings. The largest absolute Gasteiger partial charge is 0.350 e. The number of fused-ring (bicyclic) bond motifs is 1. The molecule has 0 unspecified atom stereocenters. The lowest BCUT2D eigenvalue weighted by molar-refractivity contribution is -0.121. The highest BCUT2D eigenvalue weighted by Gasteiger charge is 2.13. The molecule has 2 aromatic carbocycles. The van der Waals surface area contributed by atoms with Crippen molar-refractivity contribution in [2.45, 2.75) is 39.8 Å². The van der Waals surface area contributed by atoms with Gasteiger partial charge in [0, 0.05) is 13.0 Å². The zero-order chi connectivity index (χ0) is 19.6. The molecule has 3 rings (SSSR count). The van der Waals surface area contributed by atoms with Crippen LogP contribution in [0.15, 0.2) is 52.1 Å². The summed E-state index contributed by atoms with van der Waals surface area (Å²) in [5.41, 5.74) is 2.95. The van der Waals surface area contributed by atoms with Gasteiger partial charge in [-0.15, -0.1) is 0 Å². The lowest BCUT2D eigenvalue weighted by Crippen LogP contribution is -2.33.